The molecule has 4 rings (SSSR count). The number of ketones is 1. The van der Waals surface area contributed by atoms with Gasteiger partial charge in [-0.2, -0.15) is 0 Å². The van der Waals surface area contributed by atoms with Crippen LogP contribution in [0.5, 0.6) is 0 Å². The number of benzene rings is 3. The fraction of sp³-hybridized carbons (Fsp3) is 0. The van der Waals surface area contributed by atoms with Gasteiger partial charge in [-0.1, -0.05) is 54.6 Å². The number of fused-ring (bicyclic) bond motifs is 3. The van der Waals surface area contributed by atoms with Crippen molar-refractivity contribution < 1.29 is 4.79 Å². The van der Waals surface area contributed by atoms with Crippen LogP contribution in [0.3, 0.4) is 0 Å². The van der Waals surface area contributed by atoms with E-state index in [-0.39, 0.29) is 5.78 Å². The Morgan fingerprint density at radius 3 is 2.43 bits per heavy atom. The third-order valence-electron chi connectivity index (χ3n) is 3.87. The summed E-state index contributed by atoms with van der Waals surface area (Å²) in [5.74, 6) is 0.0286. The monoisotopic (exact) mass is 271 g/mol. The van der Waals surface area contributed by atoms with Crippen molar-refractivity contribution in [2.24, 2.45) is 0 Å². The van der Waals surface area contributed by atoms with Crippen LogP contribution in [0.25, 0.3) is 21.5 Å². The topological polar surface area (TPSA) is 32.9 Å². The predicted molar refractivity (Wildman–Crippen MR) is 85.7 cm³/mol. The number of carbonyl (C=O) groups is 1. The van der Waals surface area contributed by atoms with E-state index in [4.69, 9.17) is 0 Å². The summed E-state index contributed by atoms with van der Waals surface area (Å²) in [7, 11) is 0. The Morgan fingerprint density at radius 1 is 0.714 bits per heavy atom. The summed E-state index contributed by atoms with van der Waals surface area (Å²) in [5.41, 5.74) is 1.36. The van der Waals surface area contributed by atoms with Crippen LogP contribution in [0, 0.1) is 0 Å². The van der Waals surface area contributed by atoms with Gasteiger partial charge in [0.15, 0.2) is 0 Å². The zero-order valence-corrected chi connectivity index (χ0v) is 11.3. The SMILES string of the molecule is O=C(c1ccc[nH]1)c1cccc2c1ccc1ccccc12. The van der Waals surface area contributed by atoms with Gasteiger partial charge in [0, 0.05) is 11.8 Å². The first-order valence-electron chi connectivity index (χ1n) is 6.93. The van der Waals surface area contributed by atoms with E-state index < -0.39 is 0 Å². The van der Waals surface area contributed by atoms with E-state index in [0.717, 1.165) is 16.3 Å². The molecular formula is C19H13NO. The highest BCUT2D eigenvalue weighted by Crippen LogP contribution is 2.28. The quantitative estimate of drug-likeness (QED) is 0.421. The number of aromatic amines is 1. The van der Waals surface area contributed by atoms with Crippen LogP contribution in [-0.4, -0.2) is 10.8 Å². The summed E-state index contributed by atoms with van der Waals surface area (Å²) in [6, 6.07) is 21.9. The van der Waals surface area contributed by atoms with Gasteiger partial charge < -0.3 is 4.98 Å². The largest absolute Gasteiger partial charge is 0.359 e. The summed E-state index contributed by atoms with van der Waals surface area (Å²) in [6.07, 6.45) is 1.77. The normalized spacial score (nSPS) is 11.0. The Bertz CT molecular complexity index is 952. The lowest BCUT2D eigenvalue weighted by Crippen LogP contribution is -2.02. The maximum Gasteiger partial charge on any atom is 0.209 e. The molecule has 0 fully saturated rings. The lowest BCUT2D eigenvalue weighted by Gasteiger charge is -2.08. The molecule has 3 aromatic carbocycles. The van der Waals surface area contributed by atoms with E-state index in [9.17, 15) is 4.79 Å². The van der Waals surface area contributed by atoms with Gasteiger partial charge in [0.1, 0.15) is 0 Å². The predicted octanol–water partition coefficient (Wildman–Crippen LogP) is 4.55. The molecule has 2 heteroatoms. The fourth-order valence-corrected chi connectivity index (χ4v) is 2.86. The van der Waals surface area contributed by atoms with Gasteiger partial charge in [-0.15, -0.1) is 0 Å². The molecule has 1 heterocycles. The first kappa shape index (κ1) is 11.9. The second-order valence-electron chi connectivity index (χ2n) is 5.10. The van der Waals surface area contributed by atoms with Crippen molar-refractivity contribution in [1.82, 2.24) is 4.98 Å². The average Bonchev–Trinajstić information content (AvgIpc) is 3.08. The van der Waals surface area contributed by atoms with Crippen LogP contribution in [0.1, 0.15) is 16.1 Å². The Kier molecular flexibility index (Phi) is 2.61. The number of rotatable bonds is 2. The Balaban J connectivity index is 2.03. The number of aromatic nitrogens is 1. The molecule has 0 bridgehead atoms. The standard InChI is InChI=1S/C19H13NO/c21-19(18-9-4-12-20-18)17-8-3-7-15-14-6-2-1-5-13(14)10-11-16(15)17/h1-12,20H. The fourth-order valence-electron chi connectivity index (χ4n) is 2.86. The minimum absolute atomic E-state index is 0.0286. The highest BCUT2D eigenvalue weighted by Gasteiger charge is 2.13. The Labute approximate surface area is 122 Å². The highest BCUT2D eigenvalue weighted by molar-refractivity contribution is 6.19. The molecule has 2 nitrogen and oxygen atoms in total. The molecule has 0 radical (unpaired) electrons. The van der Waals surface area contributed by atoms with Crippen LogP contribution in [0.4, 0.5) is 0 Å². The summed E-state index contributed by atoms with van der Waals surface area (Å²) < 4.78 is 0. The molecule has 0 unspecified atom stereocenters. The number of carbonyl (C=O) groups excluding carboxylic acids is 1. The zero-order valence-electron chi connectivity index (χ0n) is 11.3. The zero-order chi connectivity index (χ0) is 14.2. The van der Waals surface area contributed by atoms with Crippen molar-refractivity contribution in [3.05, 3.63) is 84.2 Å². The Morgan fingerprint density at radius 2 is 1.57 bits per heavy atom. The van der Waals surface area contributed by atoms with Gasteiger partial charge >= 0.3 is 0 Å². The van der Waals surface area contributed by atoms with E-state index in [1.165, 1.54) is 10.8 Å². The average molecular weight is 271 g/mol. The minimum atomic E-state index is 0.0286. The van der Waals surface area contributed by atoms with Gasteiger partial charge in [-0.05, 0) is 33.7 Å². The lowest BCUT2D eigenvalue weighted by molar-refractivity contribution is 0.103. The first-order valence-corrected chi connectivity index (χ1v) is 6.93. The first-order chi connectivity index (χ1) is 10.3. The van der Waals surface area contributed by atoms with Crippen molar-refractivity contribution in [3.63, 3.8) is 0 Å². The second-order valence-corrected chi connectivity index (χ2v) is 5.10. The molecule has 0 aliphatic rings. The summed E-state index contributed by atoms with van der Waals surface area (Å²) in [4.78, 5) is 15.6. The van der Waals surface area contributed by atoms with Gasteiger partial charge in [-0.25, -0.2) is 0 Å². The summed E-state index contributed by atoms with van der Waals surface area (Å²) in [5, 5.41) is 4.48. The number of hydrogen-bond acceptors (Lipinski definition) is 1. The van der Waals surface area contributed by atoms with Gasteiger partial charge in [-0.3, -0.25) is 4.79 Å². The molecule has 0 saturated carbocycles. The molecule has 0 atom stereocenters. The molecule has 4 aromatic rings. The summed E-state index contributed by atoms with van der Waals surface area (Å²) in [6.45, 7) is 0. The van der Waals surface area contributed by atoms with Crippen LogP contribution in [-0.2, 0) is 0 Å². The van der Waals surface area contributed by atoms with Crippen LogP contribution in [0.2, 0.25) is 0 Å². The highest BCUT2D eigenvalue weighted by atomic mass is 16.1. The van der Waals surface area contributed by atoms with E-state index in [1.807, 2.05) is 42.5 Å². The van der Waals surface area contributed by atoms with E-state index in [0.29, 0.717) is 5.69 Å². The number of nitrogens with one attached hydrogen (secondary N) is 1. The summed E-state index contributed by atoms with van der Waals surface area (Å²) >= 11 is 0. The van der Waals surface area contributed by atoms with Crippen LogP contribution < -0.4 is 0 Å². The van der Waals surface area contributed by atoms with Crippen molar-refractivity contribution in [3.8, 4) is 0 Å². The van der Waals surface area contributed by atoms with E-state index in [1.54, 1.807) is 6.20 Å². The number of H-pyrrole nitrogens is 1. The van der Waals surface area contributed by atoms with Crippen LogP contribution in [0.15, 0.2) is 72.9 Å². The molecular weight excluding hydrogens is 258 g/mol. The smallest absolute Gasteiger partial charge is 0.209 e. The van der Waals surface area contributed by atoms with Crippen molar-refractivity contribution in [1.29, 1.82) is 0 Å². The maximum absolute atomic E-state index is 12.6. The molecule has 1 N–H and O–H groups in total. The van der Waals surface area contributed by atoms with Gasteiger partial charge in [0.25, 0.3) is 0 Å². The third-order valence-corrected chi connectivity index (χ3v) is 3.87. The van der Waals surface area contributed by atoms with Gasteiger partial charge in [0.2, 0.25) is 5.78 Å². The minimum Gasteiger partial charge on any atom is -0.359 e. The molecule has 1 aromatic heterocycles. The van der Waals surface area contributed by atoms with Crippen LogP contribution >= 0.6 is 0 Å². The molecule has 0 saturated heterocycles. The number of hydrogen-bond donors (Lipinski definition) is 1. The van der Waals surface area contributed by atoms with Crippen molar-refractivity contribution in [2.45, 2.75) is 0 Å². The third kappa shape index (κ3) is 1.84. The molecule has 21 heavy (non-hydrogen) atoms. The van der Waals surface area contributed by atoms with Gasteiger partial charge in [0.05, 0.1) is 5.69 Å². The Hall–Kier alpha value is -2.87. The molecule has 0 aliphatic heterocycles. The van der Waals surface area contributed by atoms with E-state index in [2.05, 4.69) is 29.2 Å². The lowest BCUT2D eigenvalue weighted by atomic mass is 9.96. The molecule has 0 aliphatic carbocycles. The molecule has 0 amide bonds. The van der Waals surface area contributed by atoms with Crippen molar-refractivity contribution in [2.75, 3.05) is 0 Å². The van der Waals surface area contributed by atoms with E-state index >= 15 is 0 Å². The molecule has 0 spiro atoms. The second kappa shape index (κ2) is 4.60. The molecule has 100 valence electrons. The van der Waals surface area contributed by atoms with Crippen molar-refractivity contribution >= 4 is 27.3 Å². The maximum atomic E-state index is 12.6.